The highest BCUT2D eigenvalue weighted by Gasteiger charge is 2.24. The maximum atomic E-state index is 12.2. The number of nitrogens with two attached hydrogens (primary N) is 1. The molecule has 2 aromatic rings. The van der Waals surface area contributed by atoms with E-state index in [0.29, 0.717) is 11.5 Å². The molecule has 104 valence electrons. The summed E-state index contributed by atoms with van der Waals surface area (Å²) in [5.41, 5.74) is 5.92. The normalized spacial score (nSPS) is 13.6. The van der Waals surface area contributed by atoms with Crippen LogP contribution < -0.4 is 10.5 Å². The molecule has 0 bridgehead atoms. The van der Waals surface area contributed by atoms with E-state index in [1.807, 2.05) is 0 Å². The molecule has 2 heterocycles. The third kappa shape index (κ3) is 2.96. The summed E-state index contributed by atoms with van der Waals surface area (Å²) in [4.78, 5) is 3.92. The van der Waals surface area contributed by atoms with Crippen molar-refractivity contribution in [2.45, 2.75) is 31.0 Å². The molecular weight excluding hydrogens is 286 g/mol. The SMILES string of the molecule is Cc1ccc(C(C)NS(=O)(=O)c2sc(N)nc2C)o1. The molecule has 0 aliphatic carbocycles. The highest BCUT2D eigenvalue weighted by Crippen LogP contribution is 2.26. The van der Waals surface area contributed by atoms with Crippen LogP contribution >= 0.6 is 11.3 Å². The molecule has 0 saturated heterocycles. The van der Waals surface area contributed by atoms with Gasteiger partial charge in [-0.25, -0.2) is 13.4 Å². The van der Waals surface area contributed by atoms with Crippen LogP contribution in [-0.4, -0.2) is 13.4 Å². The molecular formula is C11H15N3O3S2. The lowest BCUT2D eigenvalue weighted by Crippen LogP contribution is -2.26. The van der Waals surface area contributed by atoms with Crippen LogP contribution in [0.15, 0.2) is 20.8 Å². The first-order chi connectivity index (χ1) is 8.79. The fraction of sp³-hybridized carbons (Fsp3) is 0.364. The fourth-order valence-electron chi connectivity index (χ4n) is 1.68. The van der Waals surface area contributed by atoms with E-state index >= 15 is 0 Å². The monoisotopic (exact) mass is 301 g/mol. The Hall–Kier alpha value is -1.38. The minimum absolute atomic E-state index is 0.139. The number of hydrogen-bond donors (Lipinski definition) is 2. The third-order valence-electron chi connectivity index (χ3n) is 2.53. The lowest BCUT2D eigenvalue weighted by Gasteiger charge is -2.11. The number of nitrogens with zero attached hydrogens (tertiary/aromatic N) is 1. The summed E-state index contributed by atoms with van der Waals surface area (Å²) in [6.45, 7) is 5.14. The third-order valence-corrected chi connectivity index (χ3v) is 5.67. The molecule has 0 saturated carbocycles. The Morgan fingerprint density at radius 2 is 2.11 bits per heavy atom. The zero-order valence-electron chi connectivity index (χ0n) is 10.8. The van der Waals surface area contributed by atoms with Gasteiger partial charge in [0.15, 0.2) is 9.34 Å². The summed E-state index contributed by atoms with van der Waals surface area (Å²) in [7, 11) is -3.64. The zero-order valence-corrected chi connectivity index (χ0v) is 12.4. The van der Waals surface area contributed by atoms with Gasteiger partial charge in [0.2, 0.25) is 0 Å². The Morgan fingerprint density at radius 1 is 1.42 bits per heavy atom. The van der Waals surface area contributed by atoms with Gasteiger partial charge in [0, 0.05) is 0 Å². The van der Waals surface area contributed by atoms with Gasteiger partial charge < -0.3 is 10.2 Å². The molecule has 0 aliphatic rings. The van der Waals surface area contributed by atoms with Gasteiger partial charge in [-0.05, 0) is 32.9 Å². The number of furan rings is 1. The van der Waals surface area contributed by atoms with Gasteiger partial charge in [-0.1, -0.05) is 11.3 Å². The van der Waals surface area contributed by atoms with Gasteiger partial charge in [-0.3, -0.25) is 0 Å². The second-order valence-corrected chi connectivity index (χ2v) is 7.16. The van der Waals surface area contributed by atoms with Crippen LogP contribution in [0.5, 0.6) is 0 Å². The predicted octanol–water partition coefficient (Wildman–Crippen LogP) is 1.97. The summed E-state index contributed by atoms with van der Waals surface area (Å²) in [6.07, 6.45) is 0. The molecule has 0 aromatic carbocycles. The minimum atomic E-state index is -3.64. The van der Waals surface area contributed by atoms with Gasteiger partial charge in [0.05, 0.1) is 11.7 Å². The standard InChI is InChI=1S/C11H15N3O3S2/c1-6-4-5-9(17-6)7(2)14-19(15,16)10-8(3)13-11(12)18-10/h4-5,7,14H,1-3H3,(H2,12,13). The first-order valence-corrected chi connectivity index (χ1v) is 7.91. The van der Waals surface area contributed by atoms with E-state index in [9.17, 15) is 8.42 Å². The van der Waals surface area contributed by atoms with E-state index in [-0.39, 0.29) is 9.34 Å². The summed E-state index contributed by atoms with van der Waals surface area (Å²) < 4.78 is 32.5. The van der Waals surface area contributed by atoms with Gasteiger partial charge in [0.1, 0.15) is 11.5 Å². The Labute approximate surface area is 115 Å². The summed E-state index contributed by atoms with van der Waals surface area (Å²) in [5.74, 6) is 1.30. The van der Waals surface area contributed by atoms with E-state index in [4.69, 9.17) is 10.2 Å². The summed E-state index contributed by atoms with van der Waals surface area (Å²) >= 11 is 0.949. The number of rotatable bonds is 4. The smallest absolute Gasteiger partial charge is 0.252 e. The number of thiazole rings is 1. The molecule has 0 radical (unpaired) electrons. The molecule has 6 nitrogen and oxygen atoms in total. The number of anilines is 1. The fourth-order valence-corrected chi connectivity index (χ4v) is 4.21. The van der Waals surface area contributed by atoms with Gasteiger partial charge in [-0.15, -0.1) is 0 Å². The molecule has 1 unspecified atom stereocenters. The van der Waals surface area contributed by atoms with Crippen molar-refractivity contribution in [3.8, 4) is 0 Å². The first-order valence-electron chi connectivity index (χ1n) is 5.61. The second kappa shape index (κ2) is 4.95. The number of aromatic nitrogens is 1. The van der Waals surface area contributed by atoms with Crippen molar-refractivity contribution in [2.24, 2.45) is 0 Å². The zero-order chi connectivity index (χ0) is 14.2. The number of sulfonamides is 1. The molecule has 0 amide bonds. The van der Waals surface area contributed by atoms with Crippen LogP contribution in [0.4, 0.5) is 5.13 Å². The van der Waals surface area contributed by atoms with Gasteiger partial charge >= 0.3 is 0 Å². The number of nitrogen functional groups attached to an aromatic ring is 1. The van der Waals surface area contributed by atoms with Crippen molar-refractivity contribution >= 4 is 26.5 Å². The Balaban J connectivity index is 2.24. The average molecular weight is 301 g/mol. The molecule has 19 heavy (non-hydrogen) atoms. The lowest BCUT2D eigenvalue weighted by atomic mass is 10.3. The molecule has 0 spiro atoms. The Bertz CT molecular complexity index is 688. The van der Waals surface area contributed by atoms with Crippen molar-refractivity contribution in [2.75, 3.05) is 5.73 Å². The van der Waals surface area contributed by atoms with E-state index < -0.39 is 16.1 Å². The molecule has 1 atom stereocenters. The van der Waals surface area contributed by atoms with E-state index in [0.717, 1.165) is 17.1 Å². The molecule has 3 N–H and O–H groups in total. The largest absolute Gasteiger partial charge is 0.465 e. The second-order valence-electron chi connectivity index (χ2n) is 4.22. The van der Waals surface area contributed by atoms with Gasteiger partial charge in [-0.2, -0.15) is 4.72 Å². The lowest BCUT2D eigenvalue weighted by molar-refractivity contribution is 0.441. The van der Waals surface area contributed by atoms with Crippen LogP contribution in [0.25, 0.3) is 0 Å². The molecule has 2 aromatic heterocycles. The average Bonchev–Trinajstić information content (AvgIpc) is 2.84. The van der Waals surface area contributed by atoms with E-state index in [2.05, 4.69) is 9.71 Å². The molecule has 0 aliphatic heterocycles. The maximum absolute atomic E-state index is 12.2. The molecule has 8 heteroatoms. The first kappa shape index (κ1) is 14.0. The number of hydrogen-bond acceptors (Lipinski definition) is 6. The van der Waals surface area contributed by atoms with Crippen molar-refractivity contribution in [1.82, 2.24) is 9.71 Å². The quantitative estimate of drug-likeness (QED) is 0.899. The van der Waals surface area contributed by atoms with Crippen molar-refractivity contribution in [3.63, 3.8) is 0 Å². The molecule has 2 rings (SSSR count). The maximum Gasteiger partial charge on any atom is 0.252 e. The highest BCUT2D eigenvalue weighted by molar-refractivity contribution is 7.91. The van der Waals surface area contributed by atoms with E-state index in [1.165, 1.54) is 0 Å². The van der Waals surface area contributed by atoms with Gasteiger partial charge in [0.25, 0.3) is 10.0 Å². The van der Waals surface area contributed by atoms with E-state index in [1.54, 1.807) is 32.9 Å². The molecule has 0 fully saturated rings. The minimum Gasteiger partial charge on any atom is -0.465 e. The van der Waals surface area contributed by atoms with Crippen molar-refractivity contribution in [3.05, 3.63) is 29.3 Å². The van der Waals surface area contributed by atoms with Crippen molar-refractivity contribution < 1.29 is 12.8 Å². The van der Waals surface area contributed by atoms with Crippen LogP contribution in [0, 0.1) is 13.8 Å². The van der Waals surface area contributed by atoms with Crippen LogP contribution in [-0.2, 0) is 10.0 Å². The summed E-state index contributed by atoms with van der Waals surface area (Å²) in [6, 6.07) is 3.08. The van der Waals surface area contributed by atoms with Crippen molar-refractivity contribution in [1.29, 1.82) is 0 Å². The Kier molecular flexibility index (Phi) is 3.66. The predicted molar refractivity (Wildman–Crippen MR) is 73.4 cm³/mol. The topological polar surface area (TPSA) is 98.2 Å². The summed E-state index contributed by atoms with van der Waals surface area (Å²) in [5, 5.41) is 0.236. The number of aryl methyl sites for hydroxylation is 2. The number of nitrogens with one attached hydrogen (secondary N) is 1. The van der Waals surface area contributed by atoms with Crippen LogP contribution in [0.2, 0.25) is 0 Å². The highest BCUT2D eigenvalue weighted by atomic mass is 32.2. The van der Waals surface area contributed by atoms with Crippen LogP contribution in [0.1, 0.15) is 30.2 Å². The Morgan fingerprint density at radius 3 is 2.58 bits per heavy atom. The van der Waals surface area contributed by atoms with Crippen LogP contribution in [0.3, 0.4) is 0 Å².